The van der Waals surface area contributed by atoms with E-state index in [0.29, 0.717) is 17.6 Å². The van der Waals surface area contributed by atoms with E-state index in [-0.39, 0.29) is 5.54 Å². The van der Waals surface area contributed by atoms with Crippen molar-refractivity contribution < 1.29 is 0 Å². The van der Waals surface area contributed by atoms with Gasteiger partial charge in [0.25, 0.3) is 0 Å². The zero-order chi connectivity index (χ0) is 31.5. The summed E-state index contributed by atoms with van der Waals surface area (Å²) in [6.07, 6.45) is 0. The van der Waals surface area contributed by atoms with Gasteiger partial charge in [-0.3, -0.25) is 4.90 Å². The molecule has 5 aromatic carbocycles. The molecule has 0 bridgehead atoms. The Hall–Kier alpha value is -5.62. The Labute approximate surface area is 269 Å². The van der Waals surface area contributed by atoms with Crippen molar-refractivity contribution in [1.82, 2.24) is 24.5 Å². The maximum Gasteiger partial charge on any atom is 0.237 e. The first-order valence-corrected chi connectivity index (χ1v) is 15.7. The molecule has 0 aliphatic carbocycles. The second kappa shape index (κ2) is 10.5. The first-order valence-electron chi connectivity index (χ1n) is 15.7. The maximum atomic E-state index is 5.29. The van der Waals surface area contributed by atoms with E-state index < -0.39 is 5.54 Å². The van der Waals surface area contributed by atoms with E-state index in [9.17, 15) is 0 Å². The predicted octanol–water partition coefficient (Wildman–Crippen LogP) is 9.55. The molecule has 0 unspecified atom stereocenters. The lowest BCUT2D eigenvalue weighted by Gasteiger charge is -2.40. The standard InChI is InChI=1S/C40H34N6/c1-39(2)40(3,4)46(38-41-33-26-30(24-25-34(33)45(38)39)27-16-8-5-9-17-27)37-43-35(29-20-12-7-13-21-29)42-36(44-37)32-23-15-14-22-31(32)28-18-10-6-11-19-28/h5-26H,1-4H3. The molecule has 0 saturated carbocycles. The maximum absolute atomic E-state index is 5.29. The smallest absolute Gasteiger partial charge is 0.237 e. The molecule has 8 rings (SSSR count). The van der Waals surface area contributed by atoms with E-state index in [1.54, 1.807) is 0 Å². The summed E-state index contributed by atoms with van der Waals surface area (Å²) in [7, 11) is 0. The van der Waals surface area contributed by atoms with Crippen LogP contribution in [0.3, 0.4) is 0 Å². The first kappa shape index (κ1) is 27.9. The molecule has 1 aliphatic heterocycles. The van der Waals surface area contributed by atoms with Gasteiger partial charge in [-0.15, -0.1) is 0 Å². The number of anilines is 2. The van der Waals surface area contributed by atoms with Gasteiger partial charge in [0.2, 0.25) is 11.9 Å². The van der Waals surface area contributed by atoms with Gasteiger partial charge in [-0.1, -0.05) is 121 Å². The quantitative estimate of drug-likeness (QED) is 0.197. The van der Waals surface area contributed by atoms with Gasteiger partial charge in [0, 0.05) is 11.1 Å². The molecule has 3 heterocycles. The van der Waals surface area contributed by atoms with Crippen LogP contribution < -0.4 is 4.90 Å². The van der Waals surface area contributed by atoms with Crippen molar-refractivity contribution in [1.29, 1.82) is 0 Å². The summed E-state index contributed by atoms with van der Waals surface area (Å²) in [4.78, 5) is 23.0. The molecule has 0 saturated heterocycles. The lowest BCUT2D eigenvalue weighted by Crippen LogP contribution is -2.51. The van der Waals surface area contributed by atoms with Gasteiger partial charge in [-0.2, -0.15) is 9.97 Å². The Morgan fingerprint density at radius 2 is 1.02 bits per heavy atom. The second-order valence-electron chi connectivity index (χ2n) is 12.8. The number of hydrogen-bond acceptors (Lipinski definition) is 5. The van der Waals surface area contributed by atoms with Crippen LogP contribution in [0.5, 0.6) is 0 Å². The molecule has 6 nitrogen and oxygen atoms in total. The molecule has 0 N–H and O–H groups in total. The van der Waals surface area contributed by atoms with Crippen LogP contribution in [0.15, 0.2) is 133 Å². The summed E-state index contributed by atoms with van der Waals surface area (Å²) >= 11 is 0. The Kier molecular flexibility index (Phi) is 6.36. The Balaban J connectivity index is 1.35. The van der Waals surface area contributed by atoms with Crippen LogP contribution in [0.4, 0.5) is 11.9 Å². The predicted molar refractivity (Wildman–Crippen MR) is 187 cm³/mol. The fourth-order valence-corrected chi connectivity index (χ4v) is 6.56. The monoisotopic (exact) mass is 598 g/mol. The largest absolute Gasteiger partial charge is 0.302 e. The third kappa shape index (κ3) is 4.32. The van der Waals surface area contributed by atoms with Crippen molar-refractivity contribution in [3.05, 3.63) is 133 Å². The molecule has 2 aromatic heterocycles. The highest BCUT2D eigenvalue weighted by molar-refractivity contribution is 5.87. The van der Waals surface area contributed by atoms with Crippen molar-refractivity contribution >= 4 is 22.9 Å². The van der Waals surface area contributed by atoms with E-state index in [1.807, 2.05) is 48.5 Å². The molecule has 0 atom stereocenters. The van der Waals surface area contributed by atoms with Crippen LogP contribution in [0.2, 0.25) is 0 Å². The van der Waals surface area contributed by atoms with Crippen LogP contribution in [0.25, 0.3) is 56.1 Å². The van der Waals surface area contributed by atoms with Gasteiger partial charge < -0.3 is 4.57 Å². The zero-order valence-electron chi connectivity index (χ0n) is 26.4. The minimum Gasteiger partial charge on any atom is -0.302 e. The van der Waals surface area contributed by atoms with Crippen molar-refractivity contribution in [2.24, 2.45) is 0 Å². The van der Waals surface area contributed by atoms with Gasteiger partial charge in [0.05, 0.1) is 22.1 Å². The van der Waals surface area contributed by atoms with Crippen molar-refractivity contribution in [3.63, 3.8) is 0 Å². The summed E-state index contributed by atoms with van der Waals surface area (Å²) in [5.74, 6) is 2.64. The Morgan fingerprint density at radius 3 is 1.70 bits per heavy atom. The van der Waals surface area contributed by atoms with Gasteiger partial charge in [-0.05, 0) is 62.1 Å². The SMILES string of the molecule is CC1(C)N(c2nc(-c3ccccc3)nc(-c3ccccc3-c3ccccc3)n2)c2nc3cc(-c4ccccc4)ccc3n2C1(C)C. The molecule has 224 valence electrons. The van der Waals surface area contributed by atoms with E-state index in [2.05, 4.69) is 122 Å². The highest BCUT2D eigenvalue weighted by Crippen LogP contribution is 2.51. The number of rotatable bonds is 5. The fraction of sp³-hybridized carbons (Fsp3) is 0.150. The summed E-state index contributed by atoms with van der Waals surface area (Å²) < 4.78 is 2.35. The van der Waals surface area contributed by atoms with Gasteiger partial charge in [0.15, 0.2) is 11.6 Å². The van der Waals surface area contributed by atoms with E-state index in [1.165, 1.54) is 5.56 Å². The lowest BCUT2D eigenvalue weighted by molar-refractivity contribution is 0.251. The highest BCUT2D eigenvalue weighted by Gasteiger charge is 2.54. The number of fused-ring (bicyclic) bond motifs is 3. The van der Waals surface area contributed by atoms with E-state index >= 15 is 0 Å². The molecule has 1 aliphatic rings. The van der Waals surface area contributed by atoms with E-state index in [4.69, 9.17) is 19.9 Å². The number of benzene rings is 5. The third-order valence-corrected chi connectivity index (χ3v) is 9.67. The minimum atomic E-state index is -0.423. The van der Waals surface area contributed by atoms with Crippen molar-refractivity contribution in [2.75, 3.05) is 4.90 Å². The Bertz CT molecular complexity index is 2200. The van der Waals surface area contributed by atoms with Crippen molar-refractivity contribution in [2.45, 2.75) is 38.8 Å². The average Bonchev–Trinajstić information content (AvgIpc) is 3.54. The molecule has 6 heteroatoms. The molecule has 0 radical (unpaired) electrons. The highest BCUT2D eigenvalue weighted by atomic mass is 15.5. The molecule has 46 heavy (non-hydrogen) atoms. The molecular formula is C40H34N6. The topological polar surface area (TPSA) is 59.7 Å². The normalized spacial score (nSPS) is 14.8. The van der Waals surface area contributed by atoms with Crippen LogP contribution >= 0.6 is 0 Å². The number of nitrogens with zero attached hydrogens (tertiary/aromatic N) is 6. The van der Waals surface area contributed by atoms with Crippen LogP contribution in [0.1, 0.15) is 27.7 Å². The lowest BCUT2D eigenvalue weighted by atomic mass is 9.82. The fourth-order valence-electron chi connectivity index (χ4n) is 6.56. The van der Waals surface area contributed by atoms with Gasteiger partial charge in [0.1, 0.15) is 0 Å². The van der Waals surface area contributed by atoms with Crippen LogP contribution in [-0.2, 0) is 5.54 Å². The molecule has 0 spiro atoms. The van der Waals surface area contributed by atoms with Crippen molar-refractivity contribution in [3.8, 4) is 45.0 Å². The second-order valence-corrected chi connectivity index (χ2v) is 12.8. The average molecular weight is 599 g/mol. The summed E-state index contributed by atoms with van der Waals surface area (Å²) in [6, 6.07) is 45.9. The summed E-state index contributed by atoms with van der Waals surface area (Å²) in [6.45, 7) is 9.03. The van der Waals surface area contributed by atoms with E-state index in [0.717, 1.165) is 44.8 Å². The molecule has 0 amide bonds. The first-order chi connectivity index (χ1) is 22.3. The molecular weight excluding hydrogens is 564 g/mol. The summed E-state index contributed by atoms with van der Waals surface area (Å²) in [5, 5.41) is 0. The summed E-state index contributed by atoms with van der Waals surface area (Å²) in [5.41, 5.74) is 7.63. The van der Waals surface area contributed by atoms with Gasteiger partial charge in [-0.25, -0.2) is 9.97 Å². The number of aromatic nitrogens is 5. The molecule has 0 fully saturated rings. The number of hydrogen-bond donors (Lipinski definition) is 0. The van der Waals surface area contributed by atoms with Gasteiger partial charge >= 0.3 is 0 Å². The van der Waals surface area contributed by atoms with Crippen LogP contribution in [0, 0.1) is 0 Å². The van der Waals surface area contributed by atoms with Crippen LogP contribution in [-0.4, -0.2) is 30.0 Å². The molecule has 7 aromatic rings. The third-order valence-electron chi connectivity index (χ3n) is 9.67. The Morgan fingerprint density at radius 1 is 0.457 bits per heavy atom. The zero-order valence-corrected chi connectivity index (χ0v) is 26.4. The number of imidazole rings is 1. The minimum absolute atomic E-state index is 0.340.